The van der Waals surface area contributed by atoms with Crippen LogP contribution in [0.2, 0.25) is 0 Å². The molecule has 126 valence electrons. The number of rotatable bonds is 6. The smallest absolute Gasteiger partial charge is 0.228 e. The number of carbonyl (C=O) groups excluding carboxylic acids is 1. The highest BCUT2D eigenvalue weighted by atomic mass is 16.5. The molecule has 1 amide bonds. The van der Waals surface area contributed by atoms with Gasteiger partial charge in [-0.25, -0.2) is 0 Å². The first kappa shape index (κ1) is 16.1. The van der Waals surface area contributed by atoms with Gasteiger partial charge in [0.2, 0.25) is 11.7 Å². The second-order valence-electron chi connectivity index (χ2n) is 5.64. The number of pyridine rings is 1. The van der Waals surface area contributed by atoms with Crippen molar-refractivity contribution in [3.8, 4) is 17.2 Å². The van der Waals surface area contributed by atoms with Crippen molar-refractivity contribution in [3.05, 3.63) is 42.2 Å². The highest BCUT2D eigenvalue weighted by molar-refractivity contribution is 5.95. The number of nitrogens with zero attached hydrogens (tertiary/aromatic N) is 1. The molecule has 1 N–H and O–H groups in total. The summed E-state index contributed by atoms with van der Waals surface area (Å²) < 4.78 is 16.1. The van der Waals surface area contributed by atoms with Crippen molar-refractivity contribution in [2.24, 2.45) is 5.92 Å². The molecule has 1 aliphatic rings. The zero-order valence-electron chi connectivity index (χ0n) is 13.9. The van der Waals surface area contributed by atoms with E-state index in [2.05, 4.69) is 10.3 Å². The summed E-state index contributed by atoms with van der Waals surface area (Å²) in [5.41, 5.74) is 1.72. The van der Waals surface area contributed by atoms with Crippen molar-refractivity contribution in [1.82, 2.24) is 4.98 Å². The maximum atomic E-state index is 12.4. The Bertz CT molecular complexity index is 708. The SMILES string of the molecule is COc1cc([C@H]2C[C@@H]2C(=O)Nc2cccnc2)cc(OC)c1OC. The van der Waals surface area contributed by atoms with Crippen LogP contribution in [0.4, 0.5) is 5.69 Å². The van der Waals surface area contributed by atoms with Crippen LogP contribution in [0.3, 0.4) is 0 Å². The van der Waals surface area contributed by atoms with Gasteiger partial charge in [0.1, 0.15) is 0 Å². The summed E-state index contributed by atoms with van der Waals surface area (Å²) in [6.07, 6.45) is 4.10. The van der Waals surface area contributed by atoms with Gasteiger partial charge < -0.3 is 19.5 Å². The molecular formula is C18H20N2O4. The van der Waals surface area contributed by atoms with Gasteiger partial charge in [-0.05, 0) is 42.2 Å². The second kappa shape index (κ2) is 6.78. The van der Waals surface area contributed by atoms with E-state index >= 15 is 0 Å². The van der Waals surface area contributed by atoms with Crippen LogP contribution in [0.15, 0.2) is 36.7 Å². The van der Waals surface area contributed by atoms with Crippen LogP contribution in [-0.4, -0.2) is 32.2 Å². The first-order valence-corrected chi connectivity index (χ1v) is 7.68. The van der Waals surface area contributed by atoms with Gasteiger partial charge in [-0.15, -0.1) is 0 Å². The summed E-state index contributed by atoms with van der Waals surface area (Å²) in [5.74, 6) is 1.85. The average molecular weight is 328 g/mol. The maximum absolute atomic E-state index is 12.4. The number of methoxy groups -OCH3 is 3. The fourth-order valence-electron chi connectivity index (χ4n) is 2.84. The van der Waals surface area contributed by atoms with Crippen LogP contribution in [0.25, 0.3) is 0 Å². The molecule has 1 aliphatic carbocycles. The Hall–Kier alpha value is -2.76. The first-order chi connectivity index (χ1) is 11.7. The Kier molecular flexibility index (Phi) is 4.55. The van der Waals surface area contributed by atoms with Crippen LogP contribution < -0.4 is 19.5 Å². The van der Waals surface area contributed by atoms with Gasteiger partial charge in [-0.1, -0.05) is 0 Å². The number of amides is 1. The molecule has 24 heavy (non-hydrogen) atoms. The van der Waals surface area contributed by atoms with Crippen LogP contribution in [-0.2, 0) is 4.79 Å². The minimum absolute atomic E-state index is 0.00162. The van der Waals surface area contributed by atoms with Crippen molar-refractivity contribution in [2.75, 3.05) is 26.6 Å². The summed E-state index contributed by atoms with van der Waals surface area (Å²) in [4.78, 5) is 16.4. The molecule has 6 heteroatoms. The van der Waals surface area contributed by atoms with Crippen LogP contribution >= 0.6 is 0 Å². The molecule has 0 bridgehead atoms. The monoisotopic (exact) mass is 328 g/mol. The second-order valence-corrected chi connectivity index (χ2v) is 5.64. The molecule has 1 fully saturated rings. The average Bonchev–Trinajstić information content (AvgIpc) is 3.42. The summed E-state index contributed by atoms with van der Waals surface area (Å²) >= 11 is 0. The number of carbonyl (C=O) groups is 1. The lowest BCUT2D eigenvalue weighted by Gasteiger charge is -2.14. The van der Waals surface area contributed by atoms with Gasteiger partial charge in [0.25, 0.3) is 0 Å². The summed E-state index contributed by atoms with van der Waals surface area (Å²) in [6.45, 7) is 0. The molecule has 1 aromatic carbocycles. The third-order valence-electron chi connectivity index (χ3n) is 4.17. The fourth-order valence-corrected chi connectivity index (χ4v) is 2.84. The largest absolute Gasteiger partial charge is 0.493 e. The normalized spacial score (nSPS) is 18.6. The van der Waals surface area contributed by atoms with Crippen molar-refractivity contribution in [3.63, 3.8) is 0 Å². The van der Waals surface area contributed by atoms with Crippen LogP contribution in [0, 0.1) is 5.92 Å². The van der Waals surface area contributed by atoms with Crippen LogP contribution in [0.1, 0.15) is 17.9 Å². The third kappa shape index (κ3) is 3.13. The van der Waals surface area contributed by atoms with Gasteiger partial charge in [-0.2, -0.15) is 0 Å². The molecular weight excluding hydrogens is 308 g/mol. The molecule has 0 radical (unpaired) electrons. The predicted octanol–water partition coefficient (Wildman–Crippen LogP) is 2.85. The van der Waals surface area contributed by atoms with E-state index in [0.717, 1.165) is 12.0 Å². The van der Waals surface area contributed by atoms with Crippen molar-refractivity contribution < 1.29 is 19.0 Å². The molecule has 2 aromatic rings. The van der Waals surface area contributed by atoms with Gasteiger partial charge >= 0.3 is 0 Å². The van der Waals surface area contributed by atoms with E-state index in [1.807, 2.05) is 18.2 Å². The molecule has 2 atom stereocenters. The summed E-state index contributed by atoms with van der Waals surface area (Å²) in [7, 11) is 4.74. The molecule has 1 saturated carbocycles. The Morgan fingerprint density at radius 1 is 1.17 bits per heavy atom. The zero-order valence-corrected chi connectivity index (χ0v) is 13.9. The molecule has 3 rings (SSSR count). The standard InChI is InChI=1S/C18H20N2O4/c1-22-15-7-11(8-16(23-2)17(15)24-3)13-9-14(13)18(21)20-12-5-4-6-19-10-12/h4-8,10,13-14H,9H2,1-3H3,(H,20,21)/t13-,14+/m1/s1. The summed E-state index contributed by atoms with van der Waals surface area (Å²) in [6, 6.07) is 7.42. The number of hydrogen-bond acceptors (Lipinski definition) is 5. The highest BCUT2D eigenvalue weighted by Crippen LogP contribution is 2.51. The third-order valence-corrected chi connectivity index (χ3v) is 4.17. The van der Waals surface area contributed by atoms with E-state index < -0.39 is 0 Å². The Balaban J connectivity index is 1.76. The van der Waals surface area contributed by atoms with Gasteiger partial charge in [0.05, 0.1) is 33.2 Å². The van der Waals surface area contributed by atoms with E-state index in [9.17, 15) is 4.79 Å². The van der Waals surface area contributed by atoms with Crippen molar-refractivity contribution >= 4 is 11.6 Å². The van der Waals surface area contributed by atoms with E-state index in [-0.39, 0.29) is 17.7 Å². The molecule has 1 heterocycles. The quantitative estimate of drug-likeness (QED) is 0.883. The lowest BCUT2D eigenvalue weighted by molar-refractivity contribution is -0.117. The number of aromatic nitrogens is 1. The zero-order chi connectivity index (χ0) is 17.1. The lowest BCUT2D eigenvalue weighted by atomic mass is 10.1. The van der Waals surface area contributed by atoms with Gasteiger partial charge in [0.15, 0.2) is 11.5 Å². The minimum atomic E-state index is -0.0620. The fraction of sp³-hybridized carbons (Fsp3) is 0.333. The highest BCUT2D eigenvalue weighted by Gasteiger charge is 2.44. The number of ether oxygens (including phenoxy) is 3. The lowest BCUT2D eigenvalue weighted by Crippen LogP contribution is -2.14. The van der Waals surface area contributed by atoms with E-state index in [0.29, 0.717) is 22.9 Å². The molecule has 0 unspecified atom stereocenters. The maximum Gasteiger partial charge on any atom is 0.228 e. The topological polar surface area (TPSA) is 69.7 Å². The molecule has 0 aliphatic heterocycles. The number of hydrogen-bond donors (Lipinski definition) is 1. The number of benzene rings is 1. The van der Waals surface area contributed by atoms with E-state index in [1.54, 1.807) is 39.8 Å². The van der Waals surface area contributed by atoms with Gasteiger partial charge in [0, 0.05) is 12.1 Å². The first-order valence-electron chi connectivity index (χ1n) is 7.68. The van der Waals surface area contributed by atoms with Gasteiger partial charge in [-0.3, -0.25) is 9.78 Å². The predicted molar refractivity (Wildman–Crippen MR) is 89.8 cm³/mol. The number of nitrogens with one attached hydrogen (secondary N) is 1. The van der Waals surface area contributed by atoms with Crippen molar-refractivity contribution in [1.29, 1.82) is 0 Å². The van der Waals surface area contributed by atoms with Crippen LogP contribution in [0.5, 0.6) is 17.2 Å². The Morgan fingerprint density at radius 2 is 1.88 bits per heavy atom. The van der Waals surface area contributed by atoms with E-state index in [4.69, 9.17) is 14.2 Å². The number of anilines is 1. The molecule has 1 aromatic heterocycles. The van der Waals surface area contributed by atoms with E-state index in [1.165, 1.54) is 0 Å². The summed E-state index contributed by atoms with van der Waals surface area (Å²) in [5, 5.41) is 2.89. The minimum Gasteiger partial charge on any atom is -0.493 e. The molecule has 0 saturated heterocycles. The molecule has 0 spiro atoms. The molecule has 6 nitrogen and oxygen atoms in total. The Morgan fingerprint density at radius 3 is 2.42 bits per heavy atom. The van der Waals surface area contributed by atoms with Crippen molar-refractivity contribution in [2.45, 2.75) is 12.3 Å². The Labute approximate surface area is 140 Å².